The van der Waals surface area contributed by atoms with E-state index in [1.54, 1.807) is 40.3 Å². The van der Waals surface area contributed by atoms with Gasteiger partial charge in [0.25, 0.3) is 0 Å². The molecule has 4 fully saturated rings. The highest BCUT2D eigenvalue weighted by Gasteiger charge is 2.32. The van der Waals surface area contributed by atoms with Crippen molar-refractivity contribution in [1.29, 1.82) is 0 Å². The second-order valence-corrected chi connectivity index (χ2v) is 18.7. The third kappa shape index (κ3) is 11.5. The van der Waals surface area contributed by atoms with Crippen LogP contribution in [0.25, 0.3) is 17.1 Å². The average molecular weight is 902 g/mol. The van der Waals surface area contributed by atoms with Crippen LogP contribution in [0.1, 0.15) is 94.7 Å². The zero-order valence-corrected chi connectivity index (χ0v) is 38.2. The molecular formula is C46H61ClN10O5S. The summed E-state index contributed by atoms with van der Waals surface area (Å²) >= 11 is 7.58. The van der Waals surface area contributed by atoms with E-state index in [0.29, 0.717) is 29.8 Å². The number of aromatic nitrogens is 4. The molecule has 17 heteroatoms. The van der Waals surface area contributed by atoms with Crippen LogP contribution >= 0.6 is 23.5 Å². The first-order chi connectivity index (χ1) is 30.5. The van der Waals surface area contributed by atoms with Gasteiger partial charge in [-0.2, -0.15) is 4.98 Å². The zero-order valence-electron chi connectivity index (χ0n) is 36.7. The number of nitrogens with zero attached hydrogens (tertiary/aromatic N) is 7. The van der Waals surface area contributed by atoms with E-state index in [2.05, 4.69) is 47.3 Å². The highest BCUT2D eigenvalue weighted by molar-refractivity contribution is 7.97. The van der Waals surface area contributed by atoms with Gasteiger partial charge in [-0.05, 0) is 112 Å². The van der Waals surface area contributed by atoms with Crippen molar-refractivity contribution in [2.45, 2.75) is 101 Å². The predicted octanol–water partition coefficient (Wildman–Crippen LogP) is 6.64. The molecule has 15 nitrogen and oxygen atoms in total. The van der Waals surface area contributed by atoms with Crippen molar-refractivity contribution >= 4 is 82.0 Å². The van der Waals surface area contributed by atoms with Crippen LogP contribution in [-0.4, -0.2) is 99.3 Å². The number of aliphatic hydroxyl groups excluding tert-OH is 1. The van der Waals surface area contributed by atoms with Gasteiger partial charge in [0.15, 0.2) is 0 Å². The monoisotopic (exact) mass is 900 g/mol. The average Bonchev–Trinajstić information content (AvgIpc) is 3.90. The van der Waals surface area contributed by atoms with Crippen LogP contribution in [0.4, 0.5) is 23.1 Å². The molecule has 4 aliphatic rings. The number of carbonyl (C=O) groups excluding carboxylic acids is 3. The number of piperazine rings is 1. The van der Waals surface area contributed by atoms with E-state index in [4.69, 9.17) is 16.7 Å². The number of piperidine rings is 1. The van der Waals surface area contributed by atoms with Gasteiger partial charge >= 0.3 is 5.69 Å². The van der Waals surface area contributed by atoms with Crippen molar-refractivity contribution in [2.75, 3.05) is 61.0 Å². The minimum atomic E-state index is -0.641. The lowest BCUT2D eigenvalue weighted by molar-refractivity contribution is -0.135. The number of allylic oxidation sites excluding steroid dienone is 1. The first-order valence-corrected chi connectivity index (χ1v) is 23.6. The van der Waals surface area contributed by atoms with E-state index >= 15 is 0 Å². The summed E-state index contributed by atoms with van der Waals surface area (Å²) in [4.78, 5) is 65.7. The Kier molecular flexibility index (Phi) is 16.0. The Morgan fingerprint density at radius 2 is 1.73 bits per heavy atom. The molecule has 338 valence electrons. The molecule has 3 amide bonds. The maximum absolute atomic E-state index is 13.0. The van der Waals surface area contributed by atoms with E-state index in [0.717, 1.165) is 103 Å². The van der Waals surface area contributed by atoms with Crippen molar-refractivity contribution in [3.8, 4) is 0 Å². The van der Waals surface area contributed by atoms with E-state index in [9.17, 15) is 19.2 Å². The van der Waals surface area contributed by atoms with Crippen LogP contribution in [0.3, 0.4) is 0 Å². The topological polar surface area (TPSA) is 170 Å². The summed E-state index contributed by atoms with van der Waals surface area (Å²) in [5.41, 5.74) is 5.09. The van der Waals surface area contributed by atoms with Crippen LogP contribution in [-0.2, 0) is 21.4 Å². The lowest BCUT2D eigenvalue weighted by Gasteiger charge is -2.38. The molecule has 2 aromatic heterocycles. The van der Waals surface area contributed by atoms with E-state index in [1.165, 1.54) is 50.6 Å². The fourth-order valence-electron chi connectivity index (χ4n) is 9.30. The molecule has 63 heavy (non-hydrogen) atoms. The maximum atomic E-state index is 13.0. The summed E-state index contributed by atoms with van der Waals surface area (Å²) in [6, 6.07) is 11.6. The molecule has 8 rings (SSSR count). The number of anilines is 4. The zero-order chi connectivity index (χ0) is 44.5. The number of hydrogen-bond donors (Lipinski definition) is 4. The second kappa shape index (κ2) is 21.8. The van der Waals surface area contributed by atoms with Crippen LogP contribution in [0.5, 0.6) is 0 Å². The number of amides is 3. The van der Waals surface area contributed by atoms with E-state index < -0.39 is 11.9 Å². The number of rotatable bonds is 14. The summed E-state index contributed by atoms with van der Waals surface area (Å²) in [5.74, 6) is 1.19. The molecule has 2 aliphatic carbocycles. The van der Waals surface area contributed by atoms with Gasteiger partial charge in [-0.25, -0.2) is 9.78 Å². The molecule has 0 bridgehead atoms. The molecular weight excluding hydrogens is 840 g/mol. The number of fused-ring (bicyclic) bond motifs is 1. The summed E-state index contributed by atoms with van der Waals surface area (Å²) < 4.78 is 6.25. The van der Waals surface area contributed by atoms with Crippen molar-refractivity contribution in [3.05, 3.63) is 69.2 Å². The molecule has 2 aliphatic heterocycles. The smallest absolute Gasteiger partial charge is 0.329 e. The van der Waals surface area contributed by atoms with Crippen molar-refractivity contribution in [1.82, 2.24) is 34.0 Å². The standard InChI is InChI=1S/C24H33N5O3.C22H28ClN5O2S/c1-26-21-15-18(28-13-11-27(12-14-28)16-17-5-3-2-4-6-17)7-8-19(21)29(24(26)32)20-9-10-22(30)25-23(20)31;1-15-11-19(31-25-9-10-29)7-8-20(15)26-22-24-13-17(12-16(2)23)21(27-22)28(14-30)18-5-3-4-6-18/h7-8,15,17,20H,2-6,9-14,16H2,1H3,(H,25,30,31);7-8,11-14,18,25,29H,3-6,9-10H2,1-2H3,(H,24,26,27)/b;16-12+. The van der Waals surface area contributed by atoms with Gasteiger partial charge in [0, 0.05) is 91.8 Å². The molecule has 1 unspecified atom stereocenters. The van der Waals surface area contributed by atoms with Gasteiger partial charge in [-0.1, -0.05) is 43.7 Å². The molecule has 1 atom stereocenters. The summed E-state index contributed by atoms with van der Waals surface area (Å²) in [5, 5.41) is 15.1. The summed E-state index contributed by atoms with van der Waals surface area (Å²) in [7, 11) is 1.75. The van der Waals surface area contributed by atoms with Crippen LogP contribution in [0, 0.1) is 12.8 Å². The number of hydrogen-bond acceptors (Lipinski definition) is 12. The number of nitrogens with one attached hydrogen (secondary N) is 3. The van der Waals surface area contributed by atoms with Gasteiger partial charge in [0.2, 0.25) is 24.2 Å². The Morgan fingerprint density at radius 1 is 0.984 bits per heavy atom. The van der Waals surface area contributed by atoms with Crippen LogP contribution < -0.4 is 30.8 Å². The minimum Gasteiger partial charge on any atom is -0.395 e. The largest absolute Gasteiger partial charge is 0.395 e. The summed E-state index contributed by atoms with van der Waals surface area (Å²) in [6.45, 7) is 9.77. The van der Waals surface area contributed by atoms with Gasteiger partial charge in [-0.15, -0.1) is 0 Å². The summed E-state index contributed by atoms with van der Waals surface area (Å²) in [6.07, 6.45) is 16.1. The van der Waals surface area contributed by atoms with Gasteiger partial charge < -0.3 is 15.3 Å². The lowest BCUT2D eigenvalue weighted by atomic mass is 9.89. The Labute approximate surface area is 378 Å². The number of halogens is 1. The lowest BCUT2D eigenvalue weighted by Crippen LogP contribution is -2.48. The SMILES string of the molecule is C/C(Cl)=C\c1cnc(Nc2ccc(SNCCO)cc2C)nc1N(C=O)C1CCCC1.Cn1c(=O)n(C2CCC(=O)NC2=O)c2ccc(N3CCN(CC4CCCCC4)CC3)cc21. The Hall–Kier alpha value is -4.74. The van der Waals surface area contributed by atoms with E-state index in [-0.39, 0.29) is 30.7 Å². The fraction of sp³-hybridized carbons (Fsp3) is 0.522. The first kappa shape index (κ1) is 46.3. The van der Waals surface area contributed by atoms with Gasteiger partial charge in [-0.3, -0.25) is 43.4 Å². The predicted molar refractivity (Wildman–Crippen MR) is 252 cm³/mol. The van der Waals surface area contributed by atoms with Gasteiger partial charge in [0.1, 0.15) is 11.9 Å². The molecule has 4 N–H and O–H groups in total. The third-order valence-electron chi connectivity index (χ3n) is 12.6. The van der Waals surface area contributed by atoms with Crippen LogP contribution in [0.15, 0.2) is 57.3 Å². The maximum Gasteiger partial charge on any atom is 0.329 e. The van der Waals surface area contributed by atoms with Crippen molar-refractivity contribution < 1.29 is 19.5 Å². The molecule has 2 aromatic carbocycles. The van der Waals surface area contributed by atoms with Crippen molar-refractivity contribution in [3.63, 3.8) is 0 Å². The Morgan fingerprint density at radius 3 is 2.41 bits per heavy atom. The number of imide groups is 1. The highest BCUT2D eigenvalue weighted by Crippen LogP contribution is 2.32. The van der Waals surface area contributed by atoms with Crippen molar-refractivity contribution in [2.24, 2.45) is 13.0 Å². The quantitative estimate of drug-likeness (QED) is 0.0462. The third-order valence-corrected chi connectivity index (χ3v) is 13.6. The molecule has 4 aromatic rings. The first-order valence-electron chi connectivity index (χ1n) is 22.4. The number of imidazole rings is 1. The van der Waals surface area contributed by atoms with E-state index in [1.807, 2.05) is 31.2 Å². The normalized spacial score (nSPS) is 19.2. The Bertz CT molecular complexity index is 2330. The fourth-order valence-corrected chi connectivity index (χ4v) is 10.1. The molecule has 2 saturated heterocycles. The number of aryl methyl sites for hydroxylation is 2. The minimum absolute atomic E-state index is 0.0956. The second-order valence-electron chi connectivity index (χ2n) is 17.1. The Balaban J connectivity index is 0.000000189. The number of benzene rings is 2. The number of aliphatic hydroxyl groups is 1. The molecule has 0 radical (unpaired) electrons. The number of carbonyl (C=O) groups is 3. The molecule has 4 heterocycles. The highest BCUT2D eigenvalue weighted by atomic mass is 35.5. The molecule has 0 spiro atoms. The van der Waals surface area contributed by atoms with Gasteiger partial charge in [0.05, 0.1) is 17.6 Å². The van der Waals surface area contributed by atoms with Crippen LogP contribution in [0.2, 0.25) is 0 Å². The molecule has 2 saturated carbocycles.